The Balaban J connectivity index is 4.48. The summed E-state index contributed by atoms with van der Waals surface area (Å²) in [6, 6.07) is 0. The molecule has 2 atom stereocenters. The number of hydrogen-bond donors (Lipinski definition) is 0. The molecule has 2 unspecified atom stereocenters. The quantitative estimate of drug-likeness (QED) is 0.676. The van der Waals surface area contributed by atoms with E-state index in [2.05, 4.69) is 22.9 Å². The van der Waals surface area contributed by atoms with Crippen LogP contribution in [-0.2, 0) is 9.84 Å². The van der Waals surface area contributed by atoms with Crippen LogP contribution >= 0.6 is 15.9 Å². The molecule has 0 rings (SSSR count). The van der Waals surface area contributed by atoms with E-state index in [4.69, 9.17) is 0 Å². The minimum absolute atomic E-state index is 0.201. The van der Waals surface area contributed by atoms with Gasteiger partial charge in [-0.05, 0) is 25.2 Å². The second-order valence-corrected chi connectivity index (χ2v) is 7.64. The summed E-state index contributed by atoms with van der Waals surface area (Å²) in [5, 5.41) is 0.557. The van der Waals surface area contributed by atoms with Gasteiger partial charge in [-0.15, -0.1) is 0 Å². The first-order chi connectivity index (χ1) is 6.85. The maximum absolute atomic E-state index is 12.0. The molecule has 4 heteroatoms. The average molecular weight is 299 g/mol. The van der Waals surface area contributed by atoms with Gasteiger partial charge in [-0.2, -0.15) is 0 Å². The van der Waals surface area contributed by atoms with E-state index in [0.29, 0.717) is 5.75 Å². The van der Waals surface area contributed by atoms with Crippen molar-refractivity contribution in [3.05, 3.63) is 0 Å². The zero-order valence-corrected chi connectivity index (χ0v) is 12.6. The summed E-state index contributed by atoms with van der Waals surface area (Å²) >= 11 is 3.39. The van der Waals surface area contributed by atoms with Crippen LogP contribution < -0.4 is 0 Å². The zero-order chi connectivity index (χ0) is 12.1. The van der Waals surface area contributed by atoms with Crippen molar-refractivity contribution >= 4 is 25.8 Å². The zero-order valence-electron chi connectivity index (χ0n) is 10.2. The second kappa shape index (κ2) is 6.89. The number of alkyl halides is 1. The van der Waals surface area contributed by atoms with Crippen molar-refractivity contribution in [2.45, 2.75) is 45.8 Å². The van der Waals surface area contributed by atoms with E-state index in [1.807, 2.05) is 20.8 Å². The fraction of sp³-hybridized carbons (Fsp3) is 1.00. The van der Waals surface area contributed by atoms with Gasteiger partial charge in [0.15, 0.2) is 9.84 Å². The topological polar surface area (TPSA) is 34.1 Å². The molecule has 0 aromatic carbocycles. The highest BCUT2D eigenvalue weighted by Gasteiger charge is 2.26. The lowest BCUT2D eigenvalue weighted by molar-refractivity contribution is 0.521. The number of hydrogen-bond acceptors (Lipinski definition) is 2. The standard InChI is InChI=1S/C11H23BrO2S/c1-5-6-11(7-12)8-15(13,14)10(4)9(2)3/h9-11H,5-8H2,1-4H3. The Kier molecular flexibility index (Phi) is 7.09. The molecule has 0 amide bonds. The van der Waals surface area contributed by atoms with Gasteiger partial charge in [-0.25, -0.2) is 8.42 Å². The van der Waals surface area contributed by atoms with E-state index in [-0.39, 0.29) is 17.1 Å². The SMILES string of the molecule is CCCC(CBr)CS(=O)(=O)C(C)C(C)C. The van der Waals surface area contributed by atoms with Gasteiger partial charge in [-0.3, -0.25) is 0 Å². The Morgan fingerprint density at radius 3 is 2.07 bits per heavy atom. The van der Waals surface area contributed by atoms with Crippen molar-refractivity contribution in [2.75, 3.05) is 11.1 Å². The third kappa shape index (κ3) is 5.34. The average Bonchev–Trinajstić information content (AvgIpc) is 2.15. The first kappa shape index (κ1) is 15.4. The monoisotopic (exact) mass is 298 g/mol. The van der Waals surface area contributed by atoms with Crippen LogP contribution in [0.5, 0.6) is 0 Å². The molecular formula is C11H23BrO2S. The molecule has 0 bridgehead atoms. The number of rotatable bonds is 7. The van der Waals surface area contributed by atoms with Crippen LogP contribution in [0.4, 0.5) is 0 Å². The van der Waals surface area contributed by atoms with Crippen molar-refractivity contribution in [3.8, 4) is 0 Å². The van der Waals surface area contributed by atoms with Gasteiger partial charge in [0.05, 0.1) is 11.0 Å². The van der Waals surface area contributed by atoms with E-state index in [1.54, 1.807) is 0 Å². The predicted octanol–water partition coefficient (Wildman–Crippen LogP) is 3.26. The summed E-state index contributed by atoms with van der Waals surface area (Å²) in [5.41, 5.74) is 0. The van der Waals surface area contributed by atoms with Crippen molar-refractivity contribution in [3.63, 3.8) is 0 Å². The van der Waals surface area contributed by atoms with Gasteiger partial charge in [0, 0.05) is 5.33 Å². The van der Waals surface area contributed by atoms with Crippen LogP contribution in [0, 0.1) is 11.8 Å². The molecule has 0 aliphatic heterocycles. The van der Waals surface area contributed by atoms with E-state index in [9.17, 15) is 8.42 Å². The van der Waals surface area contributed by atoms with E-state index >= 15 is 0 Å². The van der Waals surface area contributed by atoms with Gasteiger partial charge in [0.25, 0.3) is 0 Å². The smallest absolute Gasteiger partial charge is 0.153 e. The molecule has 0 aliphatic carbocycles. The molecule has 0 saturated heterocycles. The molecule has 0 heterocycles. The summed E-state index contributed by atoms with van der Waals surface area (Å²) in [6.07, 6.45) is 2.02. The third-order valence-corrected chi connectivity index (χ3v) is 6.42. The van der Waals surface area contributed by atoms with Crippen molar-refractivity contribution in [2.24, 2.45) is 11.8 Å². The Morgan fingerprint density at radius 1 is 1.20 bits per heavy atom. The van der Waals surface area contributed by atoms with Crippen LogP contribution in [0.25, 0.3) is 0 Å². The summed E-state index contributed by atoms with van der Waals surface area (Å²) in [5.74, 6) is 0.791. The van der Waals surface area contributed by atoms with Gasteiger partial charge in [0.2, 0.25) is 0 Å². The Hall–Kier alpha value is 0.430. The molecule has 92 valence electrons. The first-order valence-electron chi connectivity index (χ1n) is 5.62. The third-order valence-electron chi connectivity index (χ3n) is 2.89. The van der Waals surface area contributed by atoms with Crippen molar-refractivity contribution in [1.82, 2.24) is 0 Å². The van der Waals surface area contributed by atoms with Crippen LogP contribution in [0.1, 0.15) is 40.5 Å². The highest BCUT2D eigenvalue weighted by Crippen LogP contribution is 2.19. The number of halogens is 1. The van der Waals surface area contributed by atoms with Gasteiger partial charge < -0.3 is 0 Å². The molecule has 0 aromatic rings. The van der Waals surface area contributed by atoms with Gasteiger partial charge >= 0.3 is 0 Å². The second-order valence-electron chi connectivity index (χ2n) is 4.59. The van der Waals surface area contributed by atoms with Crippen LogP contribution in [0.15, 0.2) is 0 Å². The maximum Gasteiger partial charge on any atom is 0.153 e. The van der Waals surface area contributed by atoms with Gasteiger partial charge in [0.1, 0.15) is 0 Å². The summed E-state index contributed by atoms with van der Waals surface area (Å²) in [7, 11) is -2.92. The molecule has 0 aromatic heterocycles. The molecule has 2 nitrogen and oxygen atoms in total. The molecule has 0 N–H and O–H groups in total. The molecular weight excluding hydrogens is 276 g/mol. The number of sulfone groups is 1. The van der Waals surface area contributed by atoms with Gasteiger partial charge in [-0.1, -0.05) is 43.1 Å². The molecule has 0 aliphatic rings. The van der Waals surface area contributed by atoms with Crippen LogP contribution in [0.2, 0.25) is 0 Å². The molecule has 0 saturated carbocycles. The first-order valence-corrected chi connectivity index (χ1v) is 8.46. The Morgan fingerprint density at radius 2 is 1.73 bits per heavy atom. The fourth-order valence-electron chi connectivity index (χ4n) is 1.51. The highest BCUT2D eigenvalue weighted by atomic mass is 79.9. The molecule has 15 heavy (non-hydrogen) atoms. The Labute approximate surface area is 103 Å². The lowest BCUT2D eigenvalue weighted by atomic mass is 10.1. The Bertz CT molecular complexity index is 260. The fourth-order valence-corrected chi connectivity index (χ4v) is 4.44. The predicted molar refractivity (Wildman–Crippen MR) is 70.3 cm³/mol. The summed E-state index contributed by atoms with van der Waals surface area (Å²) in [6.45, 7) is 7.84. The van der Waals surface area contributed by atoms with E-state index < -0.39 is 9.84 Å². The lowest BCUT2D eigenvalue weighted by Crippen LogP contribution is -2.29. The molecule has 0 radical (unpaired) electrons. The summed E-state index contributed by atoms with van der Waals surface area (Å²) in [4.78, 5) is 0. The van der Waals surface area contributed by atoms with Crippen molar-refractivity contribution < 1.29 is 8.42 Å². The lowest BCUT2D eigenvalue weighted by Gasteiger charge is -2.20. The largest absolute Gasteiger partial charge is 0.229 e. The van der Waals surface area contributed by atoms with E-state index in [0.717, 1.165) is 18.2 Å². The normalized spacial score (nSPS) is 16.7. The minimum atomic E-state index is -2.92. The van der Waals surface area contributed by atoms with Crippen molar-refractivity contribution in [1.29, 1.82) is 0 Å². The molecule has 0 fully saturated rings. The van der Waals surface area contributed by atoms with E-state index in [1.165, 1.54) is 0 Å². The minimum Gasteiger partial charge on any atom is -0.229 e. The summed E-state index contributed by atoms with van der Waals surface area (Å²) < 4.78 is 24.0. The van der Waals surface area contributed by atoms with Crippen LogP contribution in [0.3, 0.4) is 0 Å². The molecule has 0 spiro atoms. The maximum atomic E-state index is 12.0. The highest BCUT2D eigenvalue weighted by molar-refractivity contribution is 9.09. The van der Waals surface area contributed by atoms with Crippen LogP contribution in [-0.4, -0.2) is 24.8 Å².